The highest BCUT2D eigenvalue weighted by atomic mass is 79.9. The smallest absolute Gasteiger partial charge is 0.206 e. The third-order valence-electron chi connectivity index (χ3n) is 4.21. The van der Waals surface area contributed by atoms with Gasteiger partial charge in [0.1, 0.15) is 4.21 Å². The summed E-state index contributed by atoms with van der Waals surface area (Å²) < 4.78 is 29.3. The summed E-state index contributed by atoms with van der Waals surface area (Å²) in [5, 5.41) is 4.04. The molecule has 4 rings (SSSR count). The third kappa shape index (κ3) is 2.78. The molecule has 3 nitrogen and oxygen atoms in total. The van der Waals surface area contributed by atoms with Crippen LogP contribution in [-0.4, -0.2) is 19.3 Å². The van der Waals surface area contributed by atoms with Crippen molar-refractivity contribution < 1.29 is 8.42 Å². The van der Waals surface area contributed by atoms with Gasteiger partial charge in [-0.15, -0.1) is 11.3 Å². The number of hydrogen-bond donors (Lipinski definition) is 0. The third-order valence-corrected chi connectivity index (χ3v) is 8.87. The lowest BCUT2D eigenvalue weighted by molar-refractivity contribution is 0.345. The second-order valence-corrected chi connectivity index (χ2v) is 10.9. The molecule has 1 aromatic carbocycles. The van der Waals surface area contributed by atoms with Gasteiger partial charge in [0.25, 0.3) is 10.0 Å². The predicted molar refractivity (Wildman–Crippen MR) is 102 cm³/mol. The van der Waals surface area contributed by atoms with Gasteiger partial charge in [0, 0.05) is 6.54 Å². The van der Waals surface area contributed by atoms with Crippen molar-refractivity contribution in [2.45, 2.75) is 16.7 Å². The molecular formula is C17H14BrNO2S3. The van der Waals surface area contributed by atoms with E-state index in [0.717, 1.165) is 21.3 Å². The van der Waals surface area contributed by atoms with E-state index >= 15 is 0 Å². The molecule has 24 heavy (non-hydrogen) atoms. The monoisotopic (exact) mass is 439 g/mol. The molecule has 0 amide bonds. The van der Waals surface area contributed by atoms with E-state index in [1.54, 1.807) is 27.8 Å². The number of nitrogens with zero attached hydrogens (tertiary/aromatic N) is 1. The number of hydrogen-bond acceptors (Lipinski definition) is 4. The molecule has 0 saturated carbocycles. The predicted octanol–water partition coefficient (Wildman–Crippen LogP) is 4.91. The van der Waals surface area contributed by atoms with Crippen LogP contribution < -0.4 is 0 Å². The van der Waals surface area contributed by atoms with Crippen molar-refractivity contribution >= 4 is 48.6 Å². The van der Waals surface area contributed by atoms with Crippen LogP contribution in [0.4, 0.5) is 0 Å². The summed E-state index contributed by atoms with van der Waals surface area (Å²) in [5.41, 5.74) is 3.35. The zero-order valence-electron chi connectivity index (χ0n) is 12.6. The van der Waals surface area contributed by atoms with Crippen LogP contribution in [0.25, 0.3) is 0 Å². The van der Waals surface area contributed by atoms with Gasteiger partial charge in [0.15, 0.2) is 0 Å². The summed E-state index contributed by atoms with van der Waals surface area (Å²) >= 11 is 6.22. The van der Waals surface area contributed by atoms with E-state index in [-0.39, 0.29) is 6.04 Å². The lowest BCUT2D eigenvalue weighted by Crippen LogP contribution is -2.40. The number of rotatable bonds is 3. The zero-order chi connectivity index (χ0) is 16.7. The number of benzene rings is 1. The maximum absolute atomic E-state index is 13.2. The first-order valence-corrected chi connectivity index (χ1v) is 11.4. The summed E-state index contributed by atoms with van der Waals surface area (Å²) in [6, 6.07) is 13.4. The molecular weight excluding hydrogens is 426 g/mol. The topological polar surface area (TPSA) is 37.4 Å². The van der Waals surface area contributed by atoms with Crippen molar-refractivity contribution in [3.8, 4) is 0 Å². The minimum absolute atomic E-state index is 0.257. The molecule has 1 aliphatic heterocycles. The van der Waals surface area contributed by atoms with Crippen molar-refractivity contribution in [1.29, 1.82) is 0 Å². The minimum Gasteiger partial charge on any atom is -0.206 e. The van der Waals surface area contributed by atoms with Crippen LogP contribution in [0.5, 0.6) is 0 Å². The van der Waals surface area contributed by atoms with E-state index in [1.165, 1.54) is 16.9 Å². The Morgan fingerprint density at radius 1 is 1.12 bits per heavy atom. The molecule has 1 aliphatic rings. The molecule has 0 saturated heterocycles. The van der Waals surface area contributed by atoms with Gasteiger partial charge in [-0.1, -0.05) is 24.3 Å². The first kappa shape index (κ1) is 16.5. The Labute approximate surface area is 157 Å². The highest BCUT2D eigenvalue weighted by molar-refractivity contribution is 9.11. The van der Waals surface area contributed by atoms with Gasteiger partial charge >= 0.3 is 0 Å². The van der Waals surface area contributed by atoms with E-state index in [4.69, 9.17) is 0 Å². The lowest BCUT2D eigenvalue weighted by Gasteiger charge is -2.35. The first-order chi connectivity index (χ1) is 11.6. The molecule has 7 heteroatoms. The Morgan fingerprint density at radius 3 is 2.67 bits per heavy atom. The Hall–Kier alpha value is -0.990. The average Bonchev–Trinajstić information content (AvgIpc) is 3.25. The Morgan fingerprint density at radius 2 is 1.96 bits per heavy atom. The quantitative estimate of drug-likeness (QED) is 0.581. The van der Waals surface area contributed by atoms with Crippen LogP contribution in [0.2, 0.25) is 0 Å². The fourth-order valence-electron chi connectivity index (χ4n) is 3.13. The van der Waals surface area contributed by atoms with Crippen LogP contribution in [0.1, 0.15) is 22.7 Å². The maximum atomic E-state index is 13.2. The maximum Gasteiger partial charge on any atom is 0.253 e. The summed E-state index contributed by atoms with van der Waals surface area (Å²) in [6.45, 7) is 0.495. The van der Waals surface area contributed by atoms with Gasteiger partial charge in [-0.2, -0.15) is 15.6 Å². The number of halogens is 1. The van der Waals surface area contributed by atoms with E-state index < -0.39 is 10.0 Å². The molecule has 1 unspecified atom stereocenters. The van der Waals surface area contributed by atoms with Gasteiger partial charge < -0.3 is 0 Å². The molecule has 0 radical (unpaired) electrons. The van der Waals surface area contributed by atoms with E-state index in [9.17, 15) is 8.42 Å². The molecule has 0 aliphatic carbocycles. The van der Waals surface area contributed by atoms with Crippen molar-refractivity contribution in [3.63, 3.8) is 0 Å². The number of thiophene rings is 2. The highest BCUT2D eigenvalue weighted by Gasteiger charge is 2.38. The molecule has 0 bridgehead atoms. The van der Waals surface area contributed by atoms with Crippen LogP contribution >= 0.6 is 38.6 Å². The number of sulfonamides is 1. The summed E-state index contributed by atoms with van der Waals surface area (Å²) in [7, 11) is -3.53. The van der Waals surface area contributed by atoms with E-state index in [1.807, 2.05) is 35.0 Å². The lowest BCUT2D eigenvalue weighted by atomic mass is 9.91. The Bertz CT molecular complexity index is 963. The molecule has 3 heterocycles. The zero-order valence-corrected chi connectivity index (χ0v) is 16.6. The Kier molecular flexibility index (Phi) is 4.38. The SMILES string of the molecule is O=S(=O)(c1ccc(Br)s1)N1CCc2ccccc2C1c1ccsc1. The highest BCUT2D eigenvalue weighted by Crippen LogP contribution is 2.40. The van der Waals surface area contributed by atoms with Crippen LogP contribution in [0, 0.1) is 0 Å². The normalized spacial score (nSPS) is 18.5. The first-order valence-electron chi connectivity index (χ1n) is 7.44. The van der Waals surface area contributed by atoms with Crippen LogP contribution in [0.15, 0.2) is 61.2 Å². The second kappa shape index (κ2) is 6.38. The van der Waals surface area contributed by atoms with Crippen molar-refractivity contribution in [1.82, 2.24) is 4.31 Å². The van der Waals surface area contributed by atoms with Crippen molar-refractivity contribution in [2.75, 3.05) is 6.54 Å². The largest absolute Gasteiger partial charge is 0.253 e. The summed E-state index contributed by atoms with van der Waals surface area (Å²) in [6.07, 6.45) is 0.739. The van der Waals surface area contributed by atoms with E-state index in [2.05, 4.69) is 22.0 Å². The van der Waals surface area contributed by atoms with Gasteiger partial charge in [0.05, 0.1) is 9.83 Å². The fourth-order valence-corrected chi connectivity index (χ4v) is 7.54. The fraction of sp³-hybridized carbons (Fsp3) is 0.176. The van der Waals surface area contributed by atoms with Crippen LogP contribution in [0.3, 0.4) is 0 Å². The molecule has 3 aromatic rings. The number of fused-ring (bicyclic) bond motifs is 1. The molecule has 0 fully saturated rings. The average molecular weight is 440 g/mol. The van der Waals surface area contributed by atoms with Crippen molar-refractivity contribution in [2.24, 2.45) is 0 Å². The van der Waals surface area contributed by atoms with Gasteiger partial charge in [-0.25, -0.2) is 8.42 Å². The molecule has 1 atom stereocenters. The Balaban J connectivity index is 1.86. The standard InChI is InChI=1S/C17H14BrNO2S3/c18-15-5-6-16(23-15)24(20,21)19-9-7-12-3-1-2-4-14(12)17(19)13-8-10-22-11-13/h1-6,8,10-11,17H,7,9H2. The second-order valence-electron chi connectivity index (χ2n) is 5.58. The van der Waals surface area contributed by atoms with Crippen molar-refractivity contribution in [3.05, 3.63) is 73.7 Å². The van der Waals surface area contributed by atoms with Gasteiger partial charge in [0.2, 0.25) is 0 Å². The molecule has 2 aromatic heterocycles. The molecule has 0 spiro atoms. The summed E-state index contributed by atoms with van der Waals surface area (Å²) in [5.74, 6) is 0. The minimum atomic E-state index is -3.53. The van der Waals surface area contributed by atoms with Gasteiger partial charge in [-0.05, 0) is 68.0 Å². The molecule has 0 N–H and O–H groups in total. The van der Waals surface area contributed by atoms with E-state index in [0.29, 0.717) is 10.8 Å². The molecule has 124 valence electrons. The van der Waals surface area contributed by atoms with Crippen LogP contribution in [-0.2, 0) is 16.4 Å². The van der Waals surface area contributed by atoms with Gasteiger partial charge in [-0.3, -0.25) is 0 Å². The summed E-state index contributed by atoms with van der Waals surface area (Å²) in [4.78, 5) is 0.